The number of H-pyrrole nitrogens is 1. The average molecular weight is 413 g/mol. The van der Waals surface area contributed by atoms with Gasteiger partial charge in [-0.25, -0.2) is 4.39 Å². The molecule has 0 spiro atoms. The van der Waals surface area contributed by atoms with Crippen molar-refractivity contribution in [2.24, 2.45) is 5.73 Å². The molecule has 0 aliphatic carbocycles. The third kappa shape index (κ3) is 4.23. The highest BCUT2D eigenvalue weighted by atomic mass is 19.1. The highest BCUT2D eigenvalue weighted by Crippen LogP contribution is 2.26. The van der Waals surface area contributed by atoms with Gasteiger partial charge in [-0.05, 0) is 42.5 Å². The summed E-state index contributed by atoms with van der Waals surface area (Å²) in [5, 5.41) is 10.5. The van der Waals surface area contributed by atoms with Crippen LogP contribution in [-0.4, -0.2) is 64.0 Å². The maximum atomic E-state index is 13.1. The third-order valence-electron chi connectivity index (χ3n) is 4.91. The van der Waals surface area contributed by atoms with Crippen LogP contribution >= 0.6 is 0 Å². The number of halogens is 1. The predicted molar refractivity (Wildman–Crippen MR) is 104 cm³/mol. The number of fused-ring (bicyclic) bond motifs is 1. The summed E-state index contributed by atoms with van der Waals surface area (Å²) in [6.45, 7) is 0.672. The summed E-state index contributed by atoms with van der Waals surface area (Å²) in [6.07, 6.45) is -0.125. The van der Waals surface area contributed by atoms with Gasteiger partial charge in [-0.2, -0.15) is 15.4 Å². The number of ether oxygens (including phenoxy) is 2. The quantitative estimate of drug-likeness (QED) is 0.627. The van der Waals surface area contributed by atoms with Crippen LogP contribution < -0.4 is 10.5 Å². The zero-order valence-electron chi connectivity index (χ0n) is 16.0. The molecule has 9 nitrogen and oxygen atoms in total. The molecule has 30 heavy (non-hydrogen) atoms. The number of aromatic nitrogens is 3. The Balaban J connectivity index is 1.52. The van der Waals surface area contributed by atoms with Gasteiger partial charge in [-0.15, -0.1) is 0 Å². The molecular weight excluding hydrogens is 393 g/mol. The molecule has 1 atom stereocenters. The van der Waals surface area contributed by atoms with Crippen molar-refractivity contribution in [3.8, 4) is 5.75 Å². The zero-order valence-corrected chi connectivity index (χ0v) is 16.0. The van der Waals surface area contributed by atoms with E-state index in [-0.39, 0.29) is 37.9 Å². The molecule has 0 bridgehead atoms. The van der Waals surface area contributed by atoms with E-state index in [1.165, 1.54) is 24.3 Å². The fourth-order valence-corrected chi connectivity index (χ4v) is 3.48. The minimum atomic E-state index is -1.11. The molecule has 4 rings (SSSR count). The van der Waals surface area contributed by atoms with Crippen molar-refractivity contribution in [1.29, 1.82) is 0 Å². The molecule has 3 aromatic rings. The third-order valence-corrected chi connectivity index (χ3v) is 4.91. The summed E-state index contributed by atoms with van der Waals surface area (Å²) < 4.78 is 24.7. The summed E-state index contributed by atoms with van der Waals surface area (Å²) in [6, 6.07) is 10.5. The van der Waals surface area contributed by atoms with Crippen LogP contribution in [0.1, 0.15) is 16.8 Å². The van der Waals surface area contributed by atoms with Gasteiger partial charge < -0.3 is 20.1 Å². The number of carbonyl (C=O) groups is 2. The zero-order chi connectivity index (χ0) is 21.1. The largest absolute Gasteiger partial charge is 0.490 e. The molecule has 2 heterocycles. The fraction of sp³-hybridized carbons (Fsp3) is 0.300. The summed E-state index contributed by atoms with van der Waals surface area (Å²) in [4.78, 5) is 26.4. The molecule has 2 aromatic carbocycles. The number of benzene rings is 2. The number of morpholine rings is 1. The lowest BCUT2D eigenvalue weighted by molar-refractivity contribution is -0.142. The Kier molecular flexibility index (Phi) is 5.32. The monoisotopic (exact) mass is 413 g/mol. The maximum Gasteiger partial charge on any atom is 0.254 e. The van der Waals surface area contributed by atoms with Crippen LogP contribution in [0.2, 0.25) is 0 Å². The van der Waals surface area contributed by atoms with Gasteiger partial charge in [-0.1, -0.05) is 0 Å². The van der Waals surface area contributed by atoms with Crippen LogP contribution in [0.5, 0.6) is 5.75 Å². The number of primary amides is 1. The molecule has 3 N–H and O–H groups in total. The van der Waals surface area contributed by atoms with E-state index < -0.39 is 11.5 Å². The number of hydrogen-bond donors (Lipinski definition) is 2. The lowest BCUT2D eigenvalue weighted by Crippen LogP contribution is -2.58. The number of amides is 2. The second kappa shape index (κ2) is 8.07. The molecule has 1 saturated heterocycles. The topological polar surface area (TPSA) is 123 Å². The van der Waals surface area contributed by atoms with Gasteiger partial charge in [0.05, 0.1) is 19.6 Å². The number of carbonyl (C=O) groups excluding carboxylic acids is 2. The highest BCUT2D eigenvalue weighted by Gasteiger charge is 2.41. The first-order valence-electron chi connectivity index (χ1n) is 9.35. The second-order valence-corrected chi connectivity index (χ2v) is 7.17. The Labute approximate surface area is 170 Å². The molecule has 1 aliphatic heterocycles. The van der Waals surface area contributed by atoms with E-state index in [1.807, 2.05) is 0 Å². The van der Waals surface area contributed by atoms with Crippen molar-refractivity contribution in [3.63, 3.8) is 0 Å². The van der Waals surface area contributed by atoms with Crippen LogP contribution in [0.4, 0.5) is 4.39 Å². The first-order chi connectivity index (χ1) is 14.4. The summed E-state index contributed by atoms with van der Waals surface area (Å²) >= 11 is 0. The standard InChI is InChI=1S/C20H20FN5O4/c21-14-2-4-15(5-3-14)29-12-20(10-18(22)27)11-26(7-8-30-20)19(28)13-1-6-16-17(9-13)24-25-23-16/h1-6,9H,7-8,10-12H2,(H2,22,27)(H,23,24,25)/t20-/m0/s1. The summed E-state index contributed by atoms with van der Waals surface area (Å²) in [5.74, 6) is -0.761. The van der Waals surface area contributed by atoms with E-state index in [2.05, 4.69) is 15.4 Å². The first-order valence-corrected chi connectivity index (χ1v) is 9.35. The normalized spacial score (nSPS) is 19.0. The molecular formula is C20H20FN5O4. The Morgan fingerprint density at radius 3 is 2.73 bits per heavy atom. The van der Waals surface area contributed by atoms with Gasteiger partial charge in [-0.3, -0.25) is 9.59 Å². The van der Waals surface area contributed by atoms with E-state index in [9.17, 15) is 14.0 Å². The second-order valence-electron chi connectivity index (χ2n) is 7.17. The molecule has 1 aromatic heterocycles. The number of nitrogens with two attached hydrogens (primary N) is 1. The molecule has 2 amide bonds. The molecule has 0 unspecified atom stereocenters. The number of aromatic amines is 1. The van der Waals surface area contributed by atoms with Gasteiger partial charge in [0.2, 0.25) is 5.91 Å². The maximum absolute atomic E-state index is 13.1. The summed E-state index contributed by atoms with van der Waals surface area (Å²) in [5.41, 5.74) is 6.02. The fourth-order valence-electron chi connectivity index (χ4n) is 3.48. The van der Waals surface area contributed by atoms with Gasteiger partial charge in [0.15, 0.2) is 0 Å². The Hall–Kier alpha value is -3.53. The highest BCUT2D eigenvalue weighted by molar-refractivity contribution is 5.97. The lowest BCUT2D eigenvalue weighted by Gasteiger charge is -2.42. The average Bonchev–Trinajstić information content (AvgIpc) is 3.20. The number of rotatable bonds is 6. The van der Waals surface area contributed by atoms with Gasteiger partial charge >= 0.3 is 0 Å². The van der Waals surface area contributed by atoms with Gasteiger partial charge in [0.1, 0.15) is 34.8 Å². The minimum absolute atomic E-state index is 0.0202. The van der Waals surface area contributed by atoms with Crippen LogP contribution in [0, 0.1) is 5.82 Å². The van der Waals surface area contributed by atoms with E-state index in [0.717, 1.165) is 0 Å². The molecule has 1 fully saturated rings. The first kappa shape index (κ1) is 19.8. The number of hydrogen-bond acceptors (Lipinski definition) is 6. The SMILES string of the molecule is NC(=O)C[C@@]1(COc2ccc(F)cc2)CN(C(=O)c2ccc3n[nH]nc3c2)CCO1. The van der Waals surface area contributed by atoms with Crippen molar-refractivity contribution in [2.75, 3.05) is 26.3 Å². The minimum Gasteiger partial charge on any atom is -0.490 e. The number of nitrogens with zero attached hydrogens (tertiary/aromatic N) is 3. The van der Waals surface area contributed by atoms with Crippen LogP contribution in [0.25, 0.3) is 11.0 Å². The lowest BCUT2D eigenvalue weighted by atomic mass is 9.97. The van der Waals surface area contributed by atoms with Gasteiger partial charge in [0, 0.05) is 12.1 Å². The van der Waals surface area contributed by atoms with E-state index in [1.54, 1.807) is 23.1 Å². The van der Waals surface area contributed by atoms with Crippen molar-refractivity contribution in [1.82, 2.24) is 20.3 Å². The summed E-state index contributed by atoms with van der Waals surface area (Å²) in [7, 11) is 0. The smallest absolute Gasteiger partial charge is 0.254 e. The van der Waals surface area contributed by atoms with Crippen LogP contribution in [-0.2, 0) is 9.53 Å². The Morgan fingerprint density at radius 1 is 1.20 bits per heavy atom. The van der Waals surface area contributed by atoms with E-state index >= 15 is 0 Å². The van der Waals surface area contributed by atoms with Crippen LogP contribution in [0.3, 0.4) is 0 Å². The van der Waals surface area contributed by atoms with Crippen molar-refractivity contribution in [3.05, 3.63) is 53.8 Å². The van der Waals surface area contributed by atoms with Crippen molar-refractivity contribution in [2.45, 2.75) is 12.0 Å². The van der Waals surface area contributed by atoms with E-state index in [0.29, 0.717) is 28.9 Å². The number of nitrogens with one attached hydrogen (secondary N) is 1. The van der Waals surface area contributed by atoms with Crippen LogP contribution in [0.15, 0.2) is 42.5 Å². The van der Waals surface area contributed by atoms with Gasteiger partial charge in [0.25, 0.3) is 5.91 Å². The molecule has 156 valence electrons. The predicted octanol–water partition coefficient (Wildman–Crippen LogP) is 1.26. The Morgan fingerprint density at radius 2 is 1.97 bits per heavy atom. The Bertz CT molecular complexity index is 1070. The molecule has 0 radical (unpaired) electrons. The molecule has 10 heteroatoms. The van der Waals surface area contributed by atoms with E-state index in [4.69, 9.17) is 15.2 Å². The van der Waals surface area contributed by atoms with Crippen molar-refractivity contribution < 1.29 is 23.5 Å². The molecule has 1 aliphatic rings. The van der Waals surface area contributed by atoms with Crippen molar-refractivity contribution >= 4 is 22.8 Å². The molecule has 0 saturated carbocycles.